The van der Waals surface area contributed by atoms with Gasteiger partial charge in [0.05, 0.1) is 43.1 Å². The first-order valence-corrected chi connectivity index (χ1v) is 12.5. The summed E-state index contributed by atoms with van der Waals surface area (Å²) in [6.07, 6.45) is 1.94. The Morgan fingerprint density at radius 3 is 2.33 bits per heavy atom. The number of aromatic nitrogens is 1. The zero-order valence-electron chi connectivity index (χ0n) is 23.0. The highest BCUT2D eigenvalue weighted by Crippen LogP contribution is 2.47. The van der Waals surface area contributed by atoms with Gasteiger partial charge in [-0.05, 0) is 38.1 Å². The minimum absolute atomic E-state index is 0.0939. The van der Waals surface area contributed by atoms with Crippen LogP contribution in [0.1, 0.15) is 30.9 Å². The number of benzene rings is 3. The van der Waals surface area contributed by atoms with Crippen LogP contribution in [-0.2, 0) is 7.05 Å². The molecule has 5 rings (SSSR count). The average Bonchev–Trinajstić information content (AvgIpc) is 2.93. The van der Waals surface area contributed by atoms with Crippen LogP contribution in [0.25, 0.3) is 32.8 Å². The Labute approximate surface area is 229 Å². The van der Waals surface area contributed by atoms with Crippen LogP contribution in [-0.4, -0.2) is 36.1 Å². The lowest BCUT2D eigenvalue weighted by molar-refractivity contribution is 0.376. The number of ether oxygens (including phenoxy) is 3. The largest absolute Gasteiger partial charge is 0.507 e. The van der Waals surface area contributed by atoms with Gasteiger partial charge in [0.15, 0.2) is 11.5 Å². The number of methoxy groups -OCH3 is 3. The quantitative estimate of drug-likeness (QED) is 0.167. The molecule has 0 saturated carbocycles. The molecule has 0 saturated heterocycles. The monoisotopic (exact) mass is 543 g/mol. The van der Waals surface area contributed by atoms with Crippen LogP contribution in [0.4, 0.5) is 0 Å². The molecule has 1 atom stereocenters. The molecule has 40 heavy (non-hydrogen) atoms. The van der Waals surface area contributed by atoms with Crippen molar-refractivity contribution in [2.24, 2.45) is 7.05 Å². The molecule has 0 spiro atoms. The lowest BCUT2D eigenvalue weighted by Crippen LogP contribution is -2.13. The second-order valence-corrected chi connectivity index (χ2v) is 9.75. The molecule has 206 valence electrons. The Morgan fingerprint density at radius 2 is 1.68 bits per heavy atom. The normalized spacial score (nSPS) is 12.1. The fourth-order valence-electron chi connectivity index (χ4n) is 5.33. The number of phenols is 2. The predicted molar refractivity (Wildman–Crippen MR) is 153 cm³/mol. The van der Waals surface area contributed by atoms with Crippen molar-refractivity contribution in [2.75, 3.05) is 21.3 Å². The Kier molecular flexibility index (Phi) is 6.67. The summed E-state index contributed by atoms with van der Waals surface area (Å²) in [6, 6.07) is 11.0. The Morgan fingerprint density at radius 1 is 0.950 bits per heavy atom. The number of aryl methyl sites for hydroxylation is 1. The van der Waals surface area contributed by atoms with Crippen LogP contribution >= 0.6 is 0 Å². The van der Waals surface area contributed by atoms with E-state index in [4.69, 9.17) is 18.6 Å². The smallest absolute Gasteiger partial charge is 0.336 e. The van der Waals surface area contributed by atoms with Gasteiger partial charge in [-0.1, -0.05) is 11.6 Å². The molecule has 0 amide bonds. The van der Waals surface area contributed by atoms with Crippen molar-refractivity contribution in [3.8, 4) is 28.7 Å². The third-order valence-corrected chi connectivity index (χ3v) is 7.10. The second kappa shape index (κ2) is 10.00. The van der Waals surface area contributed by atoms with E-state index in [2.05, 4.69) is 0 Å². The van der Waals surface area contributed by atoms with Crippen LogP contribution in [0.2, 0.25) is 0 Å². The zero-order chi connectivity index (χ0) is 28.9. The van der Waals surface area contributed by atoms with Crippen LogP contribution in [0.5, 0.6) is 28.7 Å². The van der Waals surface area contributed by atoms with E-state index in [1.54, 1.807) is 29.8 Å². The molecule has 3 aromatic carbocycles. The van der Waals surface area contributed by atoms with Gasteiger partial charge in [0.1, 0.15) is 22.8 Å². The summed E-state index contributed by atoms with van der Waals surface area (Å²) in [5.41, 5.74) is 2.21. The van der Waals surface area contributed by atoms with E-state index in [1.807, 2.05) is 26.0 Å². The Hall–Kier alpha value is -4.92. The van der Waals surface area contributed by atoms with E-state index in [0.29, 0.717) is 44.6 Å². The van der Waals surface area contributed by atoms with Crippen molar-refractivity contribution >= 4 is 32.8 Å². The SMILES string of the molecule is COc1cc2oc(=O)ccc2cc1C(C=C(C)C)c1c(OC)cc2c(c1O)c(=O)c1ccc(O)c(OC)c1n2C. The second-order valence-electron chi connectivity index (χ2n) is 9.75. The van der Waals surface area contributed by atoms with Crippen LogP contribution in [0, 0.1) is 0 Å². The molecule has 0 aliphatic carbocycles. The van der Waals surface area contributed by atoms with E-state index in [9.17, 15) is 19.8 Å². The number of hydrogen-bond donors (Lipinski definition) is 2. The van der Waals surface area contributed by atoms with Crippen LogP contribution in [0.15, 0.2) is 68.1 Å². The third-order valence-electron chi connectivity index (χ3n) is 7.10. The number of fused-ring (bicyclic) bond motifs is 3. The first kappa shape index (κ1) is 26.7. The third kappa shape index (κ3) is 4.10. The first-order chi connectivity index (χ1) is 19.1. The van der Waals surface area contributed by atoms with E-state index >= 15 is 0 Å². The molecule has 0 aliphatic rings. The average molecular weight is 544 g/mol. The van der Waals surface area contributed by atoms with Gasteiger partial charge in [-0.3, -0.25) is 4.79 Å². The summed E-state index contributed by atoms with van der Waals surface area (Å²) in [4.78, 5) is 25.7. The number of aromatic hydroxyl groups is 2. The van der Waals surface area contributed by atoms with Crippen LogP contribution < -0.4 is 25.3 Å². The highest BCUT2D eigenvalue weighted by atomic mass is 16.5. The summed E-state index contributed by atoms with van der Waals surface area (Å²) in [7, 11) is 6.13. The summed E-state index contributed by atoms with van der Waals surface area (Å²) in [5, 5.41) is 23.3. The van der Waals surface area contributed by atoms with Crippen molar-refractivity contribution in [1.29, 1.82) is 0 Å². The van der Waals surface area contributed by atoms with Gasteiger partial charge in [-0.25, -0.2) is 4.79 Å². The predicted octanol–water partition coefficient (Wildman–Crippen LogP) is 5.33. The summed E-state index contributed by atoms with van der Waals surface area (Å²) < 4.78 is 23.9. The van der Waals surface area contributed by atoms with Crippen molar-refractivity contribution in [2.45, 2.75) is 19.8 Å². The van der Waals surface area contributed by atoms with E-state index in [0.717, 1.165) is 5.57 Å². The fourth-order valence-corrected chi connectivity index (χ4v) is 5.33. The molecule has 9 heteroatoms. The van der Waals surface area contributed by atoms with Crippen molar-refractivity contribution in [1.82, 2.24) is 4.57 Å². The zero-order valence-corrected chi connectivity index (χ0v) is 23.0. The van der Waals surface area contributed by atoms with E-state index in [1.165, 1.54) is 39.5 Å². The lowest BCUT2D eigenvalue weighted by atomic mass is 9.86. The standard InChI is InChI=1S/C31H29NO8/c1-15(2)11-19(18-12-16-7-10-25(34)40-22(16)14-23(18)37-4)26-24(38-5)13-20-27(30(26)36)29(35)17-8-9-21(33)31(39-6)28(17)32(20)3/h7-14,19,33,36H,1-6H3. The molecule has 1 unspecified atom stereocenters. The van der Waals surface area contributed by atoms with Gasteiger partial charge < -0.3 is 33.4 Å². The minimum atomic E-state index is -0.606. The molecule has 2 heterocycles. The molecular weight excluding hydrogens is 514 g/mol. The van der Waals surface area contributed by atoms with E-state index in [-0.39, 0.29) is 28.0 Å². The summed E-state index contributed by atoms with van der Waals surface area (Å²) in [6.45, 7) is 3.85. The molecule has 0 fully saturated rings. The van der Waals surface area contributed by atoms with Gasteiger partial charge >= 0.3 is 5.63 Å². The minimum Gasteiger partial charge on any atom is -0.507 e. The van der Waals surface area contributed by atoms with Gasteiger partial charge in [-0.15, -0.1) is 0 Å². The number of nitrogens with zero attached hydrogens (tertiary/aromatic N) is 1. The molecule has 2 N–H and O–H groups in total. The number of allylic oxidation sites excluding steroid dienone is 2. The van der Waals surface area contributed by atoms with Gasteiger partial charge in [0.2, 0.25) is 5.43 Å². The van der Waals surface area contributed by atoms with Crippen molar-refractivity contribution < 1.29 is 28.8 Å². The molecule has 5 aromatic rings. The summed E-state index contributed by atoms with van der Waals surface area (Å²) in [5.74, 6) is -0.0460. The maximum Gasteiger partial charge on any atom is 0.336 e. The maximum atomic E-state index is 13.9. The molecule has 9 nitrogen and oxygen atoms in total. The molecule has 0 radical (unpaired) electrons. The number of hydrogen-bond acceptors (Lipinski definition) is 8. The van der Waals surface area contributed by atoms with E-state index < -0.39 is 17.0 Å². The van der Waals surface area contributed by atoms with Gasteiger partial charge in [0.25, 0.3) is 0 Å². The lowest BCUT2D eigenvalue weighted by Gasteiger charge is -2.24. The molecule has 0 aliphatic heterocycles. The molecule has 0 bridgehead atoms. The fraction of sp³-hybridized carbons (Fsp3) is 0.226. The number of pyridine rings is 1. The highest BCUT2D eigenvalue weighted by Gasteiger charge is 2.29. The maximum absolute atomic E-state index is 13.9. The number of phenolic OH excluding ortho intramolecular Hbond substituents is 2. The Bertz CT molecular complexity index is 1960. The highest BCUT2D eigenvalue weighted by molar-refractivity contribution is 6.01. The summed E-state index contributed by atoms with van der Waals surface area (Å²) >= 11 is 0. The van der Waals surface area contributed by atoms with Crippen molar-refractivity contribution in [3.05, 3.63) is 85.9 Å². The van der Waals surface area contributed by atoms with Gasteiger partial charge in [-0.2, -0.15) is 0 Å². The topological polar surface area (TPSA) is 120 Å². The Balaban J connectivity index is 1.92. The first-order valence-electron chi connectivity index (χ1n) is 12.5. The van der Waals surface area contributed by atoms with Crippen LogP contribution in [0.3, 0.4) is 0 Å². The number of rotatable bonds is 6. The van der Waals surface area contributed by atoms with Gasteiger partial charge in [0, 0.05) is 47.7 Å². The van der Waals surface area contributed by atoms with Crippen molar-refractivity contribution in [3.63, 3.8) is 0 Å². The molecular formula is C31H29NO8. The molecule has 2 aromatic heterocycles.